The molecule has 5 aliphatic rings. The Morgan fingerprint density at radius 3 is 2.24 bits per heavy atom. The molecule has 0 bridgehead atoms. The van der Waals surface area contributed by atoms with Gasteiger partial charge in [0.15, 0.2) is 0 Å². The topological polar surface area (TPSA) is 58.6 Å². The van der Waals surface area contributed by atoms with Crippen molar-refractivity contribution in [1.82, 2.24) is 0 Å². The second-order valence-electron chi connectivity index (χ2n) is 16.4. The Balaban J connectivity index is 1.35. The number of hydrogen-bond donors (Lipinski definition) is 2. The van der Waals surface area contributed by atoms with E-state index in [1.807, 2.05) is 24.3 Å². The van der Waals surface area contributed by atoms with E-state index in [1.165, 1.54) is 31.3 Å². The van der Waals surface area contributed by atoms with Crippen LogP contribution in [0.5, 0.6) is 5.75 Å². The van der Waals surface area contributed by atoms with E-state index < -0.39 is 0 Å². The fraction of sp³-hybridized carbons (Fsp3) is 0.757. The summed E-state index contributed by atoms with van der Waals surface area (Å²) in [5.41, 5.74) is 2.51. The first-order valence-electron chi connectivity index (χ1n) is 16.5. The molecule has 41 heavy (non-hydrogen) atoms. The molecule has 0 aliphatic heterocycles. The van der Waals surface area contributed by atoms with E-state index in [9.17, 15) is 9.90 Å². The maximum atomic E-state index is 14.4. The van der Waals surface area contributed by atoms with Crippen molar-refractivity contribution >= 4 is 11.6 Å². The van der Waals surface area contributed by atoms with Gasteiger partial charge in [0, 0.05) is 5.69 Å². The minimum Gasteiger partial charge on any atom is -0.497 e. The third kappa shape index (κ3) is 3.90. The number of carbonyl (C=O) groups is 1. The van der Waals surface area contributed by atoms with Gasteiger partial charge in [0.2, 0.25) is 5.91 Å². The number of aliphatic hydroxyl groups excluding tert-OH is 1. The third-order valence-corrected chi connectivity index (χ3v) is 14.8. The zero-order chi connectivity index (χ0) is 29.6. The van der Waals surface area contributed by atoms with Crippen LogP contribution in [-0.4, -0.2) is 24.2 Å². The van der Waals surface area contributed by atoms with Crippen LogP contribution in [0.4, 0.5) is 5.69 Å². The van der Waals surface area contributed by atoms with Crippen molar-refractivity contribution in [3.05, 3.63) is 36.4 Å². The van der Waals surface area contributed by atoms with Gasteiger partial charge in [-0.15, -0.1) is 0 Å². The molecular formula is C37H55NO3. The zero-order valence-electron chi connectivity index (χ0n) is 26.8. The monoisotopic (exact) mass is 561 g/mol. The molecule has 4 nitrogen and oxygen atoms in total. The number of methoxy groups -OCH3 is 1. The van der Waals surface area contributed by atoms with Gasteiger partial charge in [-0.2, -0.15) is 0 Å². The van der Waals surface area contributed by atoms with Gasteiger partial charge in [-0.05, 0) is 147 Å². The second-order valence-corrected chi connectivity index (χ2v) is 16.4. The van der Waals surface area contributed by atoms with Gasteiger partial charge in [0.25, 0.3) is 0 Å². The largest absolute Gasteiger partial charge is 0.497 e. The molecule has 5 aliphatic carbocycles. The van der Waals surface area contributed by atoms with E-state index in [2.05, 4.69) is 53.4 Å². The maximum absolute atomic E-state index is 14.4. The molecule has 5 saturated carbocycles. The van der Waals surface area contributed by atoms with Gasteiger partial charge < -0.3 is 15.2 Å². The Bertz CT molecular complexity index is 1210. The molecule has 10 atom stereocenters. The SMILES string of the molecule is C=C(C)[C@@H]1CC[C@]2(C(=O)Nc3ccc(OC)cc3)CC[C@]3(C)C(CCC4[C@@]5(C)CC[C@H](O)C(C)(C)C5CC[C@]43C)C12. The summed E-state index contributed by atoms with van der Waals surface area (Å²) in [5, 5.41) is 14.4. The van der Waals surface area contributed by atoms with Crippen LogP contribution in [0.3, 0.4) is 0 Å². The van der Waals surface area contributed by atoms with Crippen LogP contribution in [0, 0.1) is 56.7 Å². The van der Waals surface area contributed by atoms with Crippen LogP contribution in [0.15, 0.2) is 36.4 Å². The van der Waals surface area contributed by atoms with Crippen molar-refractivity contribution in [2.24, 2.45) is 56.7 Å². The first-order chi connectivity index (χ1) is 19.2. The normalized spacial score (nSPS) is 46.3. The van der Waals surface area contributed by atoms with Gasteiger partial charge in [-0.1, -0.05) is 46.8 Å². The smallest absolute Gasteiger partial charge is 0.230 e. The average molecular weight is 562 g/mol. The number of benzene rings is 1. The first kappa shape index (κ1) is 29.3. The molecule has 0 radical (unpaired) electrons. The Kier molecular flexibility index (Phi) is 6.85. The number of ether oxygens (including phenoxy) is 1. The van der Waals surface area contributed by atoms with Gasteiger partial charge >= 0.3 is 0 Å². The third-order valence-electron chi connectivity index (χ3n) is 14.8. The molecule has 1 aromatic carbocycles. The van der Waals surface area contributed by atoms with Gasteiger partial charge in [0.1, 0.15) is 5.75 Å². The van der Waals surface area contributed by atoms with Gasteiger partial charge in [-0.25, -0.2) is 0 Å². The number of allylic oxidation sites excluding steroid dienone is 1. The summed E-state index contributed by atoms with van der Waals surface area (Å²) in [6, 6.07) is 7.79. The molecule has 0 heterocycles. The minimum atomic E-state index is -0.324. The molecular weight excluding hydrogens is 506 g/mol. The number of hydrogen-bond acceptors (Lipinski definition) is 3. The highest BCUT2D eigenvalue weighted by Crippen LogP contribution is 2.77. The van der Waals surface area contributed by atoms with Crippen LogP contribution in [-0.2, 0) is 4.79 Å². The fourth-order valence-corrected chi connectivity index (χ4v) is 12.5. The van der Waals surface area contributed by atoms with Crippen molar-refractivity contribution in [2.45, 2.75) is 112 Å². The van der Waals surface area contributed by atoms with Crippen molar-refractivity contribution in [2.75, 3.05) is 12.4 Å². The lowest BCUT2D eigenvalue weighted by Gasteiger charge is -2.72. The summed E-state index contributed by atoms with van der Waals surface area (Å²) in [7, 11) is 1.67. The second kappa shape index (κ2) is 9.60. The standard InChI is InChI=1S/C37H55NO3/c1-23(2)26-15-20-37(32(40)38-24-9-11-25(41-8)12-10-24)22-21-35(6)27(31(26)37)13-14-29-34(5)18-17-30(39)33(3,4)28(34)16-19-36(29,35)7/h9-12,26-31,39H,1,13-22H2,2-8H3,(H,38,40)/t26-,27?,28?,29?,30-,31?,34-,35+,36+,37-/m0/s1. The number of amides is 1. The lowest BCUT2D eigenvalue weighted by Crippen LogP contribution is -2.67. The minimum absolute atomic E-state index is 0.0240. The summed E-state index contributed by atoms with van der Waals surface area (Å²) < 4.78 is 5.34. The Hall–Kier alpha value is -1.81. The van der Waals surface area contributed by atoms with Crippen molar-refractivity contribution in [3.63, 3.8) is 0 Å². The molecule has 1 aromatic rings. The number of fused-ring (bicyclic) bond motifs is 7. The van der Waals surface area contributed by atoms with Crippen molar-refractivity contribution in [1.29, 1.82) is 0 Å². The van der Waals surface area contributed by atoms with Crippen LogP contribution in [0.2, 0.25) is 0 Å². The highest BCUT2D eigenvalue weighted by molar-refractivity contribution is 5.96. The summed E-state index contributed by atoms with van der Waals surface area (Å²) in [6.07, 6.45) is 11.0. The molecule has 0 spiro atoms. The quantitative estimate of drug-likeness (QED) is 0.362. The Labute approximate surface area is 249 Å². The van der Waals surface area contributed by atoms with E-state index in [0.29, 0.717) is 29.6 Å². The number of carbonyl (C=O) groups excluding carboxylic acids is 1. The predicted octanol–water partition coefficient (Wildman–Crippen LogP) is 8.65. The highest BCUT2D eigenvalue weighted by atomic mass is 16.5. The summed E-state index contributed by atoms with van der Waals surface area (Å²) in [6.45, 7) is 19.3. The summed E-state index contributed by atoms with van der Waals surface area (Å²) >= 11 is 0. The lowest BCUT2D eigenvalue weighted by atomic mass is 9.32. The van der Waals surface area contributed by atoms with E-state index in [-0.39, 0.29) is 39.1 Å². The molecule has 2 N–H and O–H groups in total. The fourth-order valence-electron chi connectivity index (χ4n) is 12.5. The summed E-state index contributed by atoms with van der Waals surface area (Å²) in [4.78, 5) is 14.4. The van der Waals surface area contributed by atoms with Crippen LogP contribution < -0.4 is 10.1 Å². The first-order valence-corrected chi connectivity index (χ1v) is 16.5. The number of nitrogens with one attached hydrogen (secondary N) is 1. The summed E-state index contributed by atoms with van der Waals surface area (Å²) in [5.74, 6) is 3.58. The van der Waals surface area contributed by atoms with Crippen LogP contribution in [0.1, 0.15) is 106 Å². The van der Waals surface area contributed by atoms with Gasteiger partial charge in [-0.3, -0.25) is 4.79 Å². The zero-order valence-corrected chi connectivity index (χ0v) is 26.8. The Morgan fingerprint density at radius 1 is 0.878 bits per heavy atom. The van der Waals surface area contributed by atoms with E-state index in [1.54, 1.807) is 7.11 Å². The lowest BCUT2D eigenvalue weighted by molar-refractivity contribution is -0.246. The van der Waals surface area contributed by atoms with Crippen LogP contribution in [0.25, 0.3) is 0 Å². The molecule has 226 valence electrons. The molecule has 0 aromatic heterocycles. The van der Waals surface area contributed by atoms with Crippen LogP contribution >= 0.6 is 0 Å². The number of rotatable bonds is 4. The highest BCUT2D eigenvalue weighted by Gasteiger charge is 2.71. The molecule has 4 heteroatoms. The molecule has 1 amide bonds. The molecule has 4 unspecified atom stereocenters. The van der Waals surface area contributed by atoms with E-state index >= 15 is 0 Å². The Morgan fingerprint density at radius 2 is 1.59 bits per heavy atom. The van der Waals surface area contributed by atoms with Crippen molar-refractivity contribution < 1.29 is 14.6 Å². The predicted molar refractivity (Wildman–Crippen MR) is 167 cm³/mol. The number of aliphatic hydroxyl groups is 1. The number of anilines is 1. The van der Waals surface area contributed by atoms with Gasteiger partial charge in [0.05, 0.1) is 18.6 Å². The average Bonchev–Trinajstić information content (AvgIpc) is 3.33. The van der Waals surface area contributed by atoms with E-state index in [4.69, 9.17) is 4.74 Å². The maximum Gasteiger partial charge on any atom is 0.230 e. The molecule has 5 fully saturated rings. The molecule has 0 saturated heterocycles. The molecule has 6 rings (SSSR count). The van der Waals surface area contributed by atoms with E-state index in [0.717, 1.165) is 50.0 Å². The van der Waals surface area contributed by atoms with Crippen molar-refractivity contribution in [3.8, 4) is 5.75 Å².